The van der Waals surface area contributed by atoms with Crippen molar-refractivity contribution >= 4 is 10.0 Å². The minimum atomic E-state index is -3.17. The third-order valence-electron chi connectivity index (χ3n) is 0.406. The van der Waals surface area contributed by atoms with Crippen molar-refractivity contribution in [2.45, 2.75) is 0 Å². The van der Waals surface area contributed by atoms with Gasteiger partial charge < -0.3 is 0 Å². The fourth-order valence-corrected chi connectivity index (χ4v) is 0.215. The summed E-state index contributed by atoms with van der Waals surface area (Å²) in [6.07, 6.45) is 4.40. The van der Waals surface area contributed by atoms with Crippen molar-refractivity contribution in [1.29, 1.82) is 0 Å². The van der Waals surface area contributed by atoms with Crippen molar-refractivity contribution in [3.8, 4) is 0 Å². The van der Waals surface area contributed by atoms with Crippen LogP contribution in [0.25, 0.3) is 0 Å². The second kappa shape index (κ2) is 4.02. The van der Waals surface area contributed by atoms with E-state index in [4.69, 9.17) is 0 Å². The first-order chi connectivity index (χ1) is 4.50. The number of hydrogen-bond acceptors (Lipinski definition) is 3. The van der Waals surface area contributed by atoms with Gasteiger partial charge in [-0.15, -0.1) is 0 Å². The zero-order valence-corrected chi connectivity index (χ0v) is 6.30. The normalized spacial score (nSPS) is 9.80. The lowest BCUT2D eigenvalue weighted by Crippen LogP contribution is -2.07. The van der Waals surface area contributed by atoms with Crippen LogP contribution < -0.4 is 5.14 Å². The second-order valence-corrected chi connectivity index (χ2v) is 3.25. The van der Waals surface area contributed by atoms with Gasteiger partial charge in [-0.05, 0) is 6.07 Å². The van der Waals surface area contributed by atoms with E-state index in [1.165, 1.54) is 0 Å². The number of aromatic amines is 1. The average molecular weight is 163 g/mol. The van der Waals surface area contributed by atoms with Gasteiger partial charge in [0.15, 0.2) is 0 Å². The molecule has 58 valence electrons. The van der Waals surface area contributed by atoms with Crippen LogP contribution in [-0.4, -0.2) is 24.9 Å². The van der Waals surface area contributed by atoms with Crippen LogP contribution in [0.5, 0.6) is 0 Å². The minimum absolute atomic E-state index is 0.938. The molecule has 0 bridgehead atoms. The number of nitrogens with one attached hydrogen (secondary N) is 1. The highest BCUT2D eigenvalue weighted by molar-refractivity contribution is 7.88. The Morgan fingerprint density at radius 2 is 2.10 bits per heavy atom. The molecule has 1 aromatic rings. The van der Waals surface area contributed by atoms with Crippen LogP contribution >= 0.6 is 0 Å². The third-order valence-corrected chi connectivity index (χ3v) is 0.406. The summed E-state index contributed by atoms with van der Waals surface area (Å²) in [5.41, 5.74) is 0. The first kappa shape index (κ1) is 9.12. The maximum Gasteiger partial charge on any atom is 0.206 e. The van der Waals surface area contributed by atoms with Gasteiger partial charge in [0.2, 0.25) is 10.0 Å². The molecule has 0 aliphatic heterocycles. The van der Waals surface area contributed by atoms with Crippen LogP contribution in [0.4, 0.5) is 0 Å². The van der Waals surface area contributed by atoms with Crippen LogP contribution in [0.15, 0.2) is 18.5 Å². The van der Waals surface area contributed by atoms with Crippen molar-refractivity contribution in [2.24, 2.45) is 5.14 Å². The fourth-order valence-electron chi connectivity index (χ4n) is 0.215. The van der Waals surface area contributed by atoms with E-state index in [2.05, 4.69) is 15.3 Å². The van der Waals surface area contributed by atoms with Crippen LogP contribution in [0.2, 0.25) is 0 Å². The molecule has 1 aromatic heterocycles. The van der Waals surface area contributed by atoms with Gasteiger partial charge in [0.1, 0.15) is 0 Å². The number of hydrogen-bond donors (Lipinski definition) is 2. The predicted octanol–water partition coefficient (Wildman–Crippen LogP) is -0.686. The summed E-state index contributed by atoms with van der Waals surface area (Å²) < 4.78 is 18.8. The molecule has 0 aromatic carbocycles. The van der Waals surface area contributed by atoms with E-state index in [1.807, 2.05) is 6.07 Å². The van der Waals surface area contributed by atoms with Crippen LogP contribution in [0.1, 0.15) is 0 Å². The molecule has 0 aliphatic rings. The summed E-state index contributed by atoms with van der Waals surface area (Å²) in [6, 6.07) is 1.83. The molecule has 10 heavy (non-hydrogen) atoms. The van der Waals surface area contributed by atoms with Gasteiger partial charge in [-0.25, -0.2) is 13.6 Å². The van der Waals surface area contributed by atoms with Crippen molar-refractivity contribution < 1.29 is 8.42 Å². The average Bonchev–Trinajstić information content (AvgIpc) is 2.07. The Morgan fingerprint density at radius 1 is 1.60 bits per heavy atom. The largest absolute Gasteiger partial charge is 0.286 e. The van der Waals surface area contributed by atoms with E-state index in [1.54, 1.807) is 12.4 Å². The van der Waals surface area contributed by atoms with E-state index in [9.17, 15) is 8.42 Å². The first-order valence-electron chi connectivity index (χ1n) is 2.41. The molecule has 6 heteroatoms. The second-order valence-electron chi connectivity index (χ2n) is 1.60. The Morgan fingerprint density at radius 3 is 2.20 bits per heavy atom. The first-order valence-corrected chi connectivity index (χ1v) is 4.37. The lowest BCUT2D eigenvalue weighted by atomic mass is 10.8. The zero-order chi connectivity index (χ0) is 8.04. The van der Waals surface area contributed by atoms with E-state index >= 15 is 0 Å². The van der Waals surface area contributed by atoms with Crippen LogP contribution in [0.3, 0.4) is 0 Å². The van der Waals surface area contributed by atoms with Crippen LogP contribution in [-0.2, 0) is 10.0 Å². The van der Waals surface area contributed by atoms with E-state index in [0.29, 0.717) is 0 Å². The number of sulfonamides is 1. The van der Waals surface area contributed by atoms with E-state index in [0.717, 1.165) is 6.26 Å². The van der Waals surface area contributed by atoms with Crippen molar-refractivity contribution in [3.05, 3.63) is 18.5 Å². The van der Waals surface area contributed by atoms with Gasteiger partial charge >= 0.3 is 0 Å². The molecular weight excluding hydrogens is 154 g/mol. The van der Waals surface area contributed by atoms with Crippen molar-refractivity contribution in [1.82, 2.24) is 10.2 Å². The summed E-state index contributed by atoms with van der Waals surface area (Å²) >= 11 is 0. The van der Waals surface area contributed by atoms with Crippen molar-refractivity contribution in [2.75, 3.05) is 6.26 Å². The SMILES string of the molecule is CS(N)(=O)=O.c1cn[nH]c1. The lowest BCUT2D eigenvalue weighted by Gasteiger charge is -1.71. The quantitative estimate of drug-likeness (QED) is 0.530. The van der Waals surface area contributed by atoms with Gasteiger partial charge in [-0.3, -0.25) is 5.10 Å². The Hall–Kier alpha value is -0.880. The van der Waals surface area contributed by atoms with E-state index in [-0.39, 0.29) is 0 Å². The molecule has 0 saturated carbocycles. The molecule has 0 unspecified atom stereocenters. The number of nitrogens with two attached hydrogens (primary N) is 1. The molecule has 0 atom stereocenters. The molecule has 5 nitrogen and oxygen atoms in total. The number of primary sulfonamides is 1. The van der Waals surface area contributed by atoms with Gasteiger partial charge in [0.25, 0.3) is 0 Å². The molecule has 0 amide bonds. The summed E-state index contributed by atoms with van der Waals surface area (Å²) in [5, 5.41) is 10.5. The molecule has 1 rings (SSSR count). The number of aromatic nitrogens is 2. The van der Waals surface area contributed by atoms with E-state index < -0.39 is 10.0 Å². The Balaban J connectivity index is 0.000000162. The fraction of sp³-hybridized carbons (Fsp3) is 0.250. The van der Waals surface area contributed by atoms with Crippen LogP contribution in [0, 0.1) is 0 Å². The molecular formula is C4H9N3O2S. The molecule has 0 aliphatic carbocycles. The number of nitrogens with zero attached hydrogens (tertiary/aromatic N) is 1. The topological polar surface area (TPSA) is 88.8 Å². The summed E-state index contributed by atoms with van der Waals surface area (Å²) in [6.45, 7) is 0. The molecule has 1 heterocycles. The van der Waals surface area contributed by atoms with Gasteiger partial charge in [0.05, 0.1) is 6.26 Å². The lowest BCUT2D eigenvalue weighted by molar-refractivity contribution is 0.603. The van der Waals surface area contributed by atoms with Gasteiger partial charge in [-0.2, -0.15) is 5.10 Å². The minimum Gasteiger partial charge on any atom is -0.286 e. The molecule has 0 spiro atoms. The highest BCUT2D eigenvalue weighted by Crippen LogP contribution is 1.64. The maximum absolute atomic E-state index is 9.41. The third kappa shape index (κ3) is 15.7. The zero-order valence-electron chi connectivity index (χ0n) is 5.48. The standard InChI is InChI=1S/C3H4N2.CH5NO2S/c1-2-4-5-3-1;1-5(2,3)4/h1-3H,(H,4,5);1H3,(H2,2,3,4). The summed E-state index contributed by atoms with van der Waals surface area (Å²) in [7, 11) is -3.17. The maximum atomic E-state index is 9.41. The van der Waals surface area contributed by atoms with Crippen molar-refractivity contribution in [3.63, 3.8) is 0 Å². The predicted molar refractivity (Wildman–Crippen MR) is 37.6 cm³/mol. The Labute approximate surface area is 59.3 Å². The van der Waals surface area contributed by atoms with Gasteiger partial charge in [-0.1, -0.05) is 0 Å². The highest BCUT2D eigenvalue weighted by Gasteiger charge is 1.78. The molecule has 0 radical (unpaired) electrons. The number of H-pyrrole nitrogens is 1. The molecule has 0 fully saturated rings. The number of rotatable bonds is 0. The Bertz CT molecular complexity index is 214. The molecule has 3 N–H and O–H groups in total. The van der Waals surface area contributed by atoms with Gasteiger partial charge in [0, 0.05) is 12.4 Å². The Kier molecular flexibility index (Phi) is 3.67. The monoisotopic (exact) mass is 163 g/mol. The summed E-state index contributed by atoms with van der Waals surface area (Å²) in [4.78, 5) is 0. The summed E-state index contributed by atoms with van der Waals surface area (Å²) in [5.74, 6) is 0. The smallest absolute Gasteiger partial charge is 0.206 e. The highest BCUT2D eigenvalue weighted by atomic mass is 32.2. The molecule has 0 saturated heterocycles.